The van der Waals surface area contributed by atoms with Crippen LogP contribution in [0.25, 0.3) is 33.2 Å². The minimum atomic E-state index is -1.06. The Balaban J connectivity index is 1.55. The van der Waals surface area contributed by atoms with Crippen molar-refractivity contribution in [3.05, 3.63) is 35.7 Å². The van der Waals surface area contributed by atoms with Gasteiger partial charge in [-0.15, -0.1) is 0 Å². The quantitative estimate of drug-likeness (QED) is 0.541. The van der Waals surface area contributed by atoms with Crippen molar-refractivity contribution in [3.63, 3.8) is 0 Å². The number of aromatic amines is 1. The van der Waals surface area contributed by atoms with E-state index in [0.717, 1.165) is 27.5 Å². The van der Waals surface area contributed by atoms with Gasteiger partial charge >= 0.3 is 0 Å². The maximum Gasteiger partial charge on any atom is 0.159 e. The molecule has 2 atom stereocenters. The molecule has 1 aliphatic rings. The number of nitrogens with one attached hydrogen (secondary N) is 1. The predicted octanol–water partition coefficient (Wildman–Crippen LogP) is 3.04. The highest BCUT2D eigenvalue weighted by Crippen LogP contribution is 2.37. The molecule has 0 saturated carbocycles. The summed E-state index contributed by atoms with van der Waals surface area (Å²) < 4.78 is 15.7. The number of benzene rings is 1. The van der Waals surface area contributed by atoms with Crippen LogP contribution in [0.2, 0.25) is 5.02 Å². The standard InChI is InChI=1S/C19H19ClFN7/c1-27-8-12-15(26-27)3-2-10(17(12)20)11-6-24-19-18(11)23-7-16(25-19)28-5-4-14(22)13(21)9-28/h2-3,6-8,13-14H,4-5,9,22H2,1H3,(H,24,25)/t13-,14+/m0/s1. The topological polar surface area (TPSA) is 88.7 Å². The first-order valence-electron chi connectivity index (χ1n) is 9.12. The Labute approximate surface area is 165 Å². The highest BCUT2D eigenvalue weighted by Gasteiger charge is 2.27. The van der Waals surface area contributed by atoms with Crippen molar-refractivity contribution < 1.29 is 4.39 Å². The van der Waals surface area contributed by atoms with Gasteiger partial charge in [0.2, 0.25) is 0 Å². The minimum Gasteiger partial charge on any atom is -0.352 e. The molecule has 3 aromatic heterocycles. The second-order valence-electron chi connectivity index (χ2n) is 7.20. The third-order valence-corrected chi connectivity index (χ3v) is 5.72. The van der Waals surface area contributed by atoms with E-state index in [4.69, 9.17) is 17.3 Å². The molecule has 0 bridgehead atoms. The Morgan fingerprint density at radius 2 is 2.18 bits per heavy atom. The highest BCUT2D eigenvalue weighted by atomic mass is 35.5. The molecule has 0 radical (unpaired) electrons. The smallest absolute Gasteiger partial charge is 0.159 e. The zero-order valence-corrected chi connectivity index (χ0v) is 16.0. The second-order valence-corrected chi connectivity index (χ2v) is 7.58. The number of aryl methyl sites for hydroxylation is 1. The number of rotatable bonds is 2. The summed E-state index contributed by atoms with van der Waals surface area (Å²) in [6, 6.07) is 3.47. The largest absolute Gasteiger partial charge is 0.352 e. The van der Waals surface area contributed by atoms with E-state index in [9.17, 15) is 4.39 Å². The Kier molecular flexibility index (Phi) is 3.99. The van der Waals surface area contributed by atoms with Crippen molar-refractivity contribution in [1.29, 1.82) is 0 Å². The van der Waals surface area contributed by atoms with E-state index in [0.29, 0.717) is 29.5 Å². The van der Waals surface area contributed by atoms with Crippen molar-refractivity contribution in [2.24, 2.45) is 12.8 Å². The van der Waals surface area contributed by atoms with Crippen LogP contribution in [-0.4, -0.2) is 50.0 Å². The van der Waals surface area contributed by atoms with E-state index in [1.54, 1.807) is 10.9 Å². The van der Waals surface area contributed by atoms with E-state index in [-0.39, 0.29) is 6.54 Å². The molecule has 1 saturated heterocycles. The number of H-pyrrole nitrogens is 1. The second kappa shape index (κ2) is 6.42. The summed E-state index contributed by atoms with van der Waals surface area (Å²) in [6.07, 6.45) is 4.96. The van der Waals surface area contributed by atoms with E-state index in [1.807, 2.05) is 36.5 Å². The number of anilines is 1. The van der Waals surface area contributed by atoms with Crippen molar-refractivity contribution in [2.75, 3.05) is 18.0 Å². The molecule has 3 N–H and O–H groups in total. The fraction of sp³-hybridized carbons (Fsp3) is 0.316. The van der Waals surface area contributed by atoms with E-state index in [1.165, 1.54) is 0 Å². The van der Waals surface area contributed by atoms with Crippen LogP contribution >= 0.6 is 11.6 Å². The molecule has 0 unspecified atom stereocenters. The molecule has 1 aliphatic heterocycles. The lowest BCUT2D eigenvalue weighted by molar-refractivity contribution is 0.251. The van der Waals surface area contributed by atoms with Gasteiger partial charge < -0.3 is 15.6 Å². The molecule has 1 aromatic carbocycles. The summed E-state index contributed by atoms with van der Waals surface area (Å²) in [6.45, 7) is 0.900. The number of halogens is 2. The van der Waals surface area contributed by atoms with E-state index >= 15 is 0 Å². The lowest BCUT2D eigenvalue weighted by Gasteiger charge is -2.33. The van der Waals surface area contributed by atoms with Gasteiger partial charge in [0.15, 0.2) is 5.65 Å². The van der Waals surface area contributed by atoms with Gasteiger partial charge in [-0.25, -0.2) is 14.4 Å². The van der Waals surface area contributed by atoms with Gasteiger partial charge in [0, 0.05) is 48.5 Å². The lowest BCUT2D eigenvalue weighted by Crippen LogP contribution is -2.48. The fourth-order valence-electron chi connectivity index (χ4n) is 3.76. The summed E-state index contributed by atoms with van der Waals surface area (Å²) in [5, 5.41) is 5.90. The summed E-state index contributed by atoms with van der Waals surface area (Å²) in [5.74, 6) is 0.643. The van der Waals surface area contributed by atoms with Crippen LogP contribution in [0, 0.1) is 0 Å². The van der Waals surface area contributed by atoms with Crippen LogP contribution in [0.3, 0.4) is 0 Å². The fourth-order valence-corrected chi connectivity index (χ4v) is 4.07. The Morgan fingerprint density at radius 1 is 1.32 bits per heavy atom. The normalized spacial score (nSPS) is 20.4. The average molecular weight is 400 g/mol. The molecule has 4 aromatic rings. The first-order chi connectivity index (χ1) is 13.5. The maximum absolute atomic E-state index is 14.0. The first kappa shape index (κ1) is 17.4. The number of hydrogen-bond acceptors (Lipinski definition) is 5. The molecular weight excluding hydrogens is 381 g/mol. The van der Waals surface area contributed by atoms with Crippen LogP contribution in [0.1, 0.15) is 6.42 Å². The van der Waals surface area contributed by atoms with Crippen LogP contribution in [0.4, 0.5) is 10.2 Å². The van der Waals surface area contributed by atoms with Gasteiger partial charge in [-0.2, -0.15) is 5.10 Å². The van der Waals surface area contributed by atoms with Gasteiger partial charge in [-0.05, 0) is 12.5 Å². The van der Waals surface area contributed by atoms with Crippen molar-refractivity contribution in [2.45, 2.75) is 18.6 Å². The number of fused-ring (bicyclic) bond motifs is 2. The maximum atomic E-state index is 14.0. The van der Waals surface area contributed by atoms with Gasteiger partial charge in [0.1, 0.15) is 17.5 Å². The van der Waals surface area contributed by atoms with Crippen LogP contribution < -0.4 is 10.6 Å². The monoisotopic (exact) mass is 399 g/mol. The number of piperidine rings is 1. The Morgan fingerprint density at radius 3 is 3.00 bits per heavy atom. The van der Waals surface area contributed by atoms with E-state index < -0.39 is 12.2 Å². The Bertz CT molecular complexity index is 1180. The number of alkyl halides is 1. The van der Waals surface area contributed by atoms with Crippen LogP contribution in [0.15, 0.2) is 30.7 Å². The van der Waals surface area contributed by atoms with Gasteiger partial charge in [-0.3, -0.25) is 4.68 Å². The van der Waals surface area contributed by atoms with Crippen LogP contribution in [-0.2, 0) is 7.05 Å². The van der Waals surface area contributed by atoms with Gasteiger partial charge in [0.25, 0.3) is 0 Å². The molecule has 1 fully saturated rings. The molecule has 0 spiro atoms. The number of hydrogen-bond donors (Lipinski definition) is 2. The molecule has 28 heavy (non-hydrogen) atoms. The molecule has 0 aliphatic carbocycles. The average Bonchev–Trinajstić information content (AvgIpc) is 3.27. The zero-order chi connectivity index (χ0) is 19.4. The molecule has 9 heteroatoms. The molecule has 5 rings (SSSR count). The van der Waals surface area contributed by atoms with Crippen LogP contribution in [0.5, 0.6) is 0 Å². The molecule has 144 valence electrons. The van der Waals surface area contributed by atoms with Gasteiger partial charge in [-0.1, -0.05) is 17.7 Å². The van der Waals surface area contributed by atoms with Crippen molar-refractivity contribution >= 4 is 39.5 Å². The minimum absolute atomic E-state index is 0.235. The zero-order valence-electron chi connectivity index (χ0n) is 15.2. The Hall–Kier alpha value is -2.71. The van der Waals surface area contributed by atoms with Gasteiger partial charge in [0.05, 0.1) is 23.3 Å². The third-order valence-electron chi connectivity index (χ3n) is 5.31. The predicted molar refractivity (Wildman–Crippen MR) is 108 cm³/mol. The molecule has 7 nitrogen and oxygen atoms in total. The summed E-state index contributed by atoms with van der Waals surface area (Å²) in [4.78, 5) is 14.3. The molecule has 4 heterocycles. The summed E-state index contributed by atoms with van der Waals surface area (Å²) in [7, 11) is 1.87. The number of nitrogens with two attached hydrogens (primary N) is 1. The summed E-state index contributed by atoms with van der Waals surface area (Å²) in [5.41, 5.74) is 9.70. The highest BCUT2D eigenvalue weighted by molar-refractivity contribution is 6.38. The first-order valence-corrected chi connectivity index (χ1v) is 9.50. The SMILES string of the molecule is Cn1cc2c(Cl)c(-c3c[nH]c4nc(N5CC[C@@H](N)[C@@H](F)C5)cnc34)ccc2n1. The molecule has 0 amide bonds. The summed E-state index contributed by atoms with van der Waals surface area (Å²) >= 11 is 6.65. The van der Waals surface area contributed by atoms with Crippen molar-refractivity contribution in [3.8, 4) is 11.1 Å². The number of nitrogens with zero attached hydrogens (tertiary/aromatic N) is 5. The molecular formula is C19H19ClFN7. The van der Waals surface area contributed by atoms with E-state index in [2.05, 4.69) is 20.1 Å². The third kappa shape index (κ3) is 2.71. The lowest BCUT2D eigenvalue weighted by atomic mass is 10.0. The van der Waals surface area contributed by atoms with Crippen molar-refractivity contribution in [1.82, 2.24) is 24.7 Å². The number of aromatic nitrogens is 5.